The largest absolute Gasteiger partial charge is 0.489 e. The van der Waals surface area contributed by atoms with Crippen molar-refractivity contribution in [3.05, 3.63) is 65.7 Å². The van der Waals surface area contributed by atoms with Crippen molar-refractivity contribution in [2.45, 2.75) is 39.5 Å². The van der Waals surface area contributed by atoms with Crippen LogP contribution in [0.5, 0.6) is 5.75 Å². The Morgan fingerprint density at radius 3 is 2.36 bits per heavy atom. The van der Waals surface area contributed by atoms with E-state index in [1.807, 2.05) is 18.2 Å². The van der Waals surface area contributed by atoms with Crippen molar-refractivity contribution < 1.29 is 4.74 Å². The zero-order valence-electron chi connectivity index (χ0n) is 15.2. The molecule has 1 aliphatic heterocycles. The molecule has 3 rings (SSSR count). The number of nitrogens with two attached hydrogens (primary N) is 1. The average molecular weight is 361 g/mol. The first-order valence-corrected chi connectivity index (χ1v) is 8.76. The van der Waals surface area contributed by atoms with Gasteiger partial charge in [0.15, 0.2) is 0 Å². The molecule has 0 radical (unpaired) electrons. The fraction of sp³-hybridized carbons (Fsp3) is 0.429. The van der Waals surface area contributed by atoms with Crippen LogP contribution >= 0.6 is 12.4 Å². The Labute approximate surface area is 157 Å². The molecule has 1 saturated heterocycles. The minimum Gasteiger partial charge on any atom is -0.489 e. The summed E-state index contributed by atoms with van der Waals surface area (Å²) in [5.41, 5.74) is 8.93. The molecule has 2 aromatic carbocycles. The lowest BCUT2D eigenvalue weighted by Gasteiger charge is -2.42. The van der Waals surface area contributed by atoms with E-state index in [1.165, 1.54) is 11.1 Å². The summed E-state index contributed by atoms with van der Waals surface area (Å²) in [6.07, 6.45) is 1.07. The highest BCUT2D eigenvalue weighted by molar-refractivity contribution is 5.85. The van der Waals surface area contributed by atoms with Crippen LogP contribution in [0.2, 0.25) is 0 Å². The predicted octanol–water partition coefficient (Wildman–Crippen LogP) is 4.25. The maximum absolute atomic E-state index is 6.23. The van der Waals surface area contributed by atoms with Gasteiger partial charge < -0.3 is 10.5 Å². The van der Waals surface area contributed by atoms with E-state index in [4.69, 9.17) is 10.5 Å². The maximum Gasteiger partial charge on any atom is 0.119 e. The van der Waals surface area contributed by atoms with E-state index in [0.717, 1.165) is 31.8 Å². The normalized spacial score (nSPS) is 19.9. The number of likely N-dealkylation sites (tertiary alicyclic amines) is 1. The molecule has 1 fully saturated rings. The molecular formula is C21H29ClN2O. The van der Waals surface area contributed by atoms with Crippen LogP contribution in [-0.2, 0) is 13.2 Å². The Morgan fingerprint density at radius 2 is 1.72 bits per heavy atom. The summed E-state index contributed by atoms with van der Waals surface area (Å²) in [4.78, 5) is 2.50. The molecule has 136 valence electrons. The number of nitrogens with zero attached hydrogens (tertiary/aromatic N) is 1. The molecule has 25 heavy (non-hydrogen) atoms. The topological polar surface area (TPSA) is 38.5 Å². The number of rotatable bonds is 5. The zero-order chi connectivity index (χ0) is 17.0. The van der Waals surface area contributed by atoms with Gasteiger partial charge in [-0.05, 0) is 35.1 Å². The molecule has 3 nitrogen and oxygen atoms in total. The average Bonchev–Trinajstić information content (AvgIpc) is 2.58. The minimum absolute atomic E-state index is 0. The van der Waals surface area contributed by atoms with Gasteiger partial charge in [-0.25, -0.2) is 0 Å². The summed E-state index contributed by atoms with van der Waals surface area (Å²) in [5.74, 6) is 0.920. The molecule has 0 spiro atoms. The standard InChI is InChI=1S/C21H28N2O.ClH/c1-21(2)16-23(13-12-20(21)22)14-17-8-10-19(11-9-17)24-15-18-6-4-3-5-7-18;/h3-11,20H,12-16,22H2,1-2H3;1H. The van der Waals surface area contributed by atoms with Gasteiger partial charge >= 0.3 is 0 Å². The van der Waals surface area contributed by atoms with E-state index < -0.39 is 0 Å². The molecule has 1 heterocycles. The van der Waals surface area contributed by atoms with Gasteiger partial charge in [-0.1, -0.05) is 56.3 Å². The van der Waals surface area contributed by atoms with Gasteiger partial charge in [-0.15, -0.1) is 12.4 Å². The lowest BCUT2D eigenvalue weighted by Crippen LogP contribution is -2.52. The van der Waals surface area contributed by atoms with Gasteiger partial charge in [-0.2, -0.15) is 0 Å². The highest BCUT2D eigenvalue weighted by atomic mass is 35.5. The number of hydrogen-bond donors (Lipinski definition) is 1. The lowest BCUT2D eigenvalue weighted by molar-refractivity contribution is 0.0898. The molecule has 0 aromatic heterocycles. The van der Waals surface area contributed by atoms with Crippen LogP contribution in [0.1, 0.15) is 31.4 Å². The summed E-state index contributed by atoms with van der Waals surface area (Å²) >= 11 is 0. The first-order chi connectivity index (χ1) is 11.5. The molecule has 0 aliphatic carbocycles. The Balaban J connectivity index is 0.00000225. The number of piperidine rings is 1. The van der Waals surface area contributed by atoms with Gasteiger partial charge in [0.2, 0.25) is 0 Å². The van der Waals surface area contributed by atoms with Crippen molar-refractivity contribution in [3.8, 4) is 5.75 Å². The Hall–Kier alpha value is -1.55. The summed E-state index contributed by atoms with van der Waals surface area (Å²) in [5, 5.41) is 0. The van der Waals surface area contributed by atoms with Crippen molar-refractivity contribution in [1.29, 1.82) is 0 Å². The van der Waals surface area contributed by atoms with E-state index >= 15 is 0 Å². The van der Waals surface area contributed by atoms with Gasteiger partial charge in [0.25, 0.3) is 0 Å². The van der Waals surface area contributed by atoms with Crippen molar-refractivity contribution in [3.63, 3.8) is 0 Å². The van der Waals surface area contributed by atoms with Gasteiger partial charge in [0, 0.05) is 25.7 Å². The highest BCUT2D eigenvalue weighted by Gasteiger charge is 2.33. The minimum atomic E-state index is 0. The first-order valence-electron chi connectivity index (χ1n) is 8.76. The summed E-state index contributed by atoms with van der Waals surface area (Å²) in [7, 11) is 0. The molecule has 1 aliphatic rings. The fourth-order valence-electron chi connectivity index (χ4n) is 3.31. The molecular weight excluding hydrogens is 332 g/mol. The number of ether oxygens (including phenoxy) is 1. The van der Waals surface area contributed by atoms with E-state index in [-0.39, 0.29) is 17.8 Å². The summed E-state index contributed by atoms with van der Waals surface area (Å²) in [6.45, 7) is 8.26. The Kier molecular flexibility index (Phi) is 6.88. The molecule has 1 unspecified atom stereocenters. The summed E-state index contributed by atoms with van der Waals surface area (Å²) < 4.78 is 5.85. The van der Waals surface area contributed by atoms with E-state index in [1.54, 1.807) is 0 Å². The first kappa shape index (κ1) is 19.8. The third-order valence-electron chi connectivity index (χ3n) is 4.97. The van der Waals surface area contributed by atoms with E-state index in [2.05, 4.69) is 55.1 Å². The van der Waals surface area contributed by atoms with Crippen LogP contribution in [0.25, 0.3) is 0 Å². The Bertz CT molecular complexity index is 643. The quantitative estimate of drug-likeness (QED) is 0.866. The van der Waals surface area contributed by atoms with Crippen molar-refractivity contribution in [1.82, 2.24) is 4.90 Å². The van der Waals surface area contributed by atoms with Gasteiger partial charge in [0.05, 0.1) is 0 Å². The van der Waals surface area contributed by atoms with Crippen LogP contribution in [0.3, 0.4) is 0 Å². The number of benzene rings is 2. The lowest BCUT2D eigenvalue weighted by atomic mass is 9.79. The van der Waals surface area contributed by atoms with Crippen molar-refractivity contribution >= 4 is 12.4 Å². The third kappa shape index (κ3) is 5.46. The molecule has 4 heteroatoms. The van der Waals surface area contributed by atoms with E-state index in [0.29, 0.717) is 12.6 Å². The van der Waals surface area contributed by atoms with Crippen LogP contribution in [0.4, 0.5) is 0 Å². The van der Waals surface area contributed by atoms with Crippen LogP contribution in [-0.4, -0.2) is 24.0 Å². The molecule has 2 aromatic rings. The molecule has 2 N–H and O–H groups in total. The zero-order valence-corrected chi connectivity index (χ0v) is 16.0. The molecule has 1 atom stereocenters. The third-order valence-corrected chi connectivity index (χ3v) is 4.97. The monoisotopic (exact) mass is 360 g/mol. The molecule has 0 bridgehead atoms. The summed E-state index contributed by atoms with van der Waals surface area (Å²) in [6, 6.07) is 19.0. The second kappa shape index (κ2) is 8.70. The fourth-order valence-corrected chi connectivity index (χ4v) is 3.31. The number of hydrogen-bond acceptors (Lipinski definition) is 3. The van der Waals surface area contributed by atoms with Crippen molar-refractivity contribution in [2.75, 3.05) is 13.1 Å². The second-order valence-corrected chi connectivity index (χ2v) is 7.51. The second-order valence-electron chi connectivity index (χ2n) is 7.51. The highest BCUT2D eigenvalue weighted by Crippen LogP contribution is 2.28. The van der Waals surface area contributed by atoms with Crippen LogP contribution < -0.4 is 10.5 Å². The molecule has 0 saturated carbocycles. The predicted molar refractivity (Wildman–Crippen MR) is 106 cm³/mol. The smallest absolute Gasteiger partial charge is 0.119 e. The van der Waals surface area contributed by atoms with E-state index in [9.17, 15) is 0 Å². The SMILES string of the molecule is CC1(C)CN(Cc2ccc(OCc3ccccc3)cc2)CCC1N.Cl. The Morgan fingerprint density at radius 1 is 1.04 bits per heavy atom. The van der Waals surface area contributed by atoms with Gasteiger partial charge in [-0.3, -0.25) is 4.90 Å². The molecule has 0 amide bonds. The van der Waals surface area contributed by atoms with Crippen LogP contribution in [0, 0.1) is 5.41 Å². The van der Waals surface area contributed by atoms with Gasteiger partial charge in [0.1, 0.15) is 12.4 Å². The van der Waals surface area contributed by atoms with Crippen LogP contribution in [0.15, 0.2) is 54.6 Å². The maximum atomic E-state index is 6.23. The number of halogens is 1. The van der Waals surface area contributed by atoms with Crippen molar-refractivity contribution in [2.24, 2.45) is 11.1 Å².